The topological polar surface area (TPSA) is 114 Å². The summed E-state index contributed by atoms with van der Waals surface area (Å²) < 4.78 is 62.8. The SMILES string of the molecule is Cc1ccc(C#N)nc1Oc1cccc(C[C@H]2[C@@H](NC(=O)OCc3ccccc3)C(F)(F)CN2C(=O)OC(C)(C)C)c1F. The van der Waals surface area contributed by atoms with Crippen molar-refractivity contribution >= 4 is 12.2 Å². The lowest BCUT2D eigenvalue weighted by atomic mass is 9.98. The van der Waals surface area contributed by atoms with Crippen LogP contribution in [-0.4, -0.2) is 52.2 Å². The molecule has 0 radical (unpaired) electrons. The molecule has 1 aliphatic heterocycles. The van der Waals surface area contributed by atoms with Gasteiger partial charge < -0.3 is 19.5 Å². The molecule has 0 spiro atoms. The quantitative estimate of drug-likeness (QED) is 0.341. The third-order valence-corrected chi connectivity index (χ3v) is 6.58. The zero-order valence-electron chi connectivity index (χ0n) is 24.1. The first kappa shape index (κ1) is 31.2. The number of carbonyl (C=O) groups excluding carboxylic acids is 2. The number of rotatable bonds is 7. The molecule has 1 aliphatic rings. The number of hydrogen-bond acceptors (Lipinski definition) is 7. The van der Waals surface area contributed by atoms with E-state index in [4.69, 9.17) is 19.5 Å². The molecular formula is C31H31F3N4O5. The van der Waals surface area contributed by atoms with Crippen LogP contribution in [-0.2, 0) is 22.5 Å². The van der Waals surface area contributed by atoms with Gasteiger partial charge in [-0.05, 0) is 57.4 Å². The molecular weight excluding hydrogens is 565 g/mol. The molecule has 43 heavy (non-hydrogen) atoms. The van der Waals surface area contributed by atoms with Gasteiger partial charge in [0, 0.05) is 5.56 Å². The fourth-order valence-corrected chi connectivity index (χ4v) is 4.54. The molecule has 1 fully saturated rings. The van der Waals surface area contributed by atoms with E-state index in [0.717, 1.165) is 4.90 Å². The number of nitrogens with one attached hydrogen (secondary N) is 1. The summed E-state index contributed by atoms with van der Waals surface area (Å²) >= 11 is 0. The summed E-state index contributed by atoms with van der Waals surface area (Å²) in [6, 6.07) is 14.4. The molecule has 4 rings (SSSR count). The van der Waals surface area contributed by atoms with E-state index in [9.17, 15) is 9.59 Å². The lowest BCUT2D eigenvalue weighted by Crippen LogP contribution is -2.52. The van der Waals surface area contributed by atoms with Gasteiger partial charge >= 0.3 is 12.2 Å². The van der Waals surface area contributed by atoms with Crippen molar-refractivity contribution in [2.24, 2.45) is 0 Å². The number of halogens is 3. The average Bonchev–Trinajstić information content (AvgIpc) is 3.19. The number of nitrogens with zero attached hydrogens (tertiary/aromatic N) is 3. The molecule has 226 valence electrons. The first-order chi connectivity index (χ1) is 20.3. The third kappa shape index (κ3) is 7.74. The number of alkyl halides is 2. The van der Waals surface area contributed by atoms with Crippen molar-refractivity contribution in [1.82, 2.24) is 15.2 Å². The standard InChI is InChI=1S/C31H31F3N4O5/c1-19-13-14-22(16-35)36-27(19)42-24-12-8-11-21(25(24)32)15-23-26(37-28(39)41-17-20-9-6-5-7-10-20)31(33,34)18-38(23)29(40)43-30(2,3)4/h5-14,23,26H,15,17-18H2,1-4H3,(H,37,39)/t23-,26+/m0/s1. The normalized spacial score (nSPS) is 17.6. The Morgan fingerprint density at radius 1 is 1.12 bits per heavy atom. The van der Waals surface area contributed by atoms with Crippen LogP contribution in [0.1, 0.15) is 43.2 Å². The fourth-order valence-electron chi connectivity index (χ4n) is 4.54. The molecule has 0 saturated carbocycles. The van der Waals surface area contributed by atoms with Gasteiger partial charge in [0.2, 0.25) is 5.88 Å². The van der Waals surface area contributed by atoms with Gasteiger partial charge in [0.05, 0.1) is 12.6 Å². The molecule has 1 saturated heterocycles. The first-order valence-electron chi connectivity index (χ1n) is 13.4. The number of amides is 2. The number of alkyl carbamates (subject to hydrolysis) is 1. The minimum atomic E-state index is -3.60. The van der Waals surface area contributed by atoms with Crippen LogP contribution >= 0.6 is 0 Å². The molecule has 2 heterocycles. The van der Waals surface area contributed by atoms with E-state index in [2.05, 4.69) is 10.3 Å². The Hall–Kier alpha value is -4.79. The van der Waals surface area contributed by atoms with Crippen LogP contribution in [0.3, 0.4) is 0 Å². The number of benzene rings is 2. The fraction of sp³-hybridized carbons (Fsp3) is 0.355. The number of pyridine rings is 1. The molecule has 1 aromatic heterocycles. The van der Waals surface area contributed by atoms with Gasteiger partial charge in [0.1, 0.15) is 30.0 Å². The summed E-state index contributed by atoms with van der Waals surface area (Å²) in [5.41, 5.74) is 0.179. The van der Waals surface area contributed by atoms with E-state index in [1.54, 1.807) is 64.1 Å². The predicted octanol–water partition coefficient (Wildman–Crippen LogP) is 6.29. The molecule has 0 unspecified atom stereocenters. The van der Waals surface area contributed by atoms with Crippen molar-refractivity contribution in [3.63, 3.8) is 0 Å². The van der Waals surface area contributed by atoms with Crippen LogP contribution < -0.4 is 10.1 Å². The summed E-state index contributed by atoms with van der Waals surface area (Å²) in [6.07, 6.45) is -2.59. The second-order valence-electron chi connectivity index (χ2n) is 11.1. The summed E-state index contributed by atoms with van der Waals surface area (Å²) in [5.74, 6) is -4.74. The van der Waals surface area contributed by atoms with E-state index in [1.807, 2.05) is 6.07 Å². The Morgan fingerprint density at radius 2 is 1.84 bits per heavy atom. The van der Waals surface area contributed by atoms with E-state index < -0.39 is 54.6 Å². The number of carbonyl (C=O) groups is 2. The molecule has 2 atom stereocenters. The highest BCUT2D eigenvalue weighted by Crippen LogP contribution is 2.37. The molecule has 1 N–H and O–H groups in total. The van der Waals surface area contributed by atoms with Crippen molar-refractivity contribution in [2.75, 3.05) is 6.54 Å². The number of aromatic nitrogens is 1. The van der Waals surface area contributed by atoms with Gasteiger partial charge in [-0.1, -0.05) is 48.5 Å². The lowest BCUT2D eigenvalue weighted by molar-refractivity contribution is -0.0168. The zero-order chi connectivity index (χ0) is 31.4. The van der Waals surface area contributed by atoms with Crippen molar-refractivity contribution < 1.29 is 37.0 Å². The summed E-state index contributed by atoms with van der Waals surface area (Å²) in [7, 11) is 0. The van der Waals surface area contributed by atoms with Crippen molar-refractivity contribution in [1.29, 1.82) is 5.26 Å². The summed E-state index contributed by atoms with van der Waals surface area (Å²) in [6.45, 7) is 5.18. The minimum absolute atomic E-state index is 0.00131. The summed E-state index contributed by atoms with van der Waals surface area (Å²) in [4.78, 5) is 30.5. The molecule has 9 nitrogen and oxygen atoms in total. The van der Waals surface area contributed by atoms with Crippen molar-refractivity contribution in [3.8, 4) is 17.7 Å². The molecule has 12 heteroatoms. The van der Waals surface area contributed by atoms with Gasteiger partial charge in [-0.15, -0.1) is 0 Å². The number of hydrogen-bond donors (Lipinski definition) is 1. The largest absolute Gasteiger partial charge is 0.445 e. The van der Waals surface area contributed by atoms with E-state index in [0.29, 0.717) is 11.1 Å². The maximum absolute atomic E-state index is 15.8. The monoisotopic (exact) mass is 596 g/mol. The Bertz CT molecular complexity index is 1520. The Kier molecular flexibility index (Phi) is 9.13. The Morgan fingerprint density at radius 3 is 2.51 bits per heavy atom. The first-order valence-corrected chi connectivity index (χ1v) is 13.4. The molecule has 0 bridgehead atoms. The highest BCUT2D eigenvalue weighted by Gasteiger charge is 2.57. The summed E-state index contributed by atoms with van der Waals surface area (Å²) in [5, 5.41) is 11.4. The Balaban J connectivity index is 1.62. The van der Waals surface area contributed by atoms with Gasteiger partial charge in [0.25, 0.3) is 5.92 Å². The van der Waals surface area contributed by atoms with Crippen LogP contribution in [0.2, 0.25) is 0 Å². The Labute approximate surface area is 247 Å². The molecule has 0 aliphatic carbocycles. The number of aryl methyl sites for hydroxylation is 1. The van der Waals surface area contributed by atoms with Gasteiger partial charge in [0.15, 0.2) is 11.6 Å². The van der Waals surface area contributed by atoms with Gasteiger partial charge in [-0.25, -0.2) is 27.7 Å². The van der Waals surface area contributed by atoms with E-state index in [1.165, 1.54) is 24.3 Å². The second-order valence-corrected chi connectivity index (χ2v) is 11.1. The molecule has 2 aromatic carbocycles. The zero-order valence-corrected chi connectivity index (χ0v) is 24.1. The van der Waals surface area contributed by atoms with Crippen LogP contribution in [0.4, 0.5) is 22.8 Å². The van der Waals surface area contributed by atoms with E-state index in [-0.39, 0.29) is 29.5 Å². The van der Waals surface area contributed by atoms with Crippen LogP contribution in [0.15, 0.2) is 60.7 Å². The van der Waals surface area contributed by atoms with Crippen LogP contribution in [0.5, 0.6) is 11.6 Å². The third-order valence-electron chi connectivity index (χ3n) is 6.58. The maximum atomic E-state index is 15.8. The van der Waals surface area contributed by atoms with Crippen LogP contribution in [0, 0.1) is 24.1 Å². The average molecular weight is 597 g/mol. The minimum Gasteiger partial charge on any atom is -0.445 e. The second kappa shape index (κ2) is 12.6. The van der Waals surface area contributed by atoms with Crippen molar-refractivity contribution in [2.45, 2.75) is 64.3 Å². The number of nitriles is 1. The molecule has 2 amide bonds. The molecule has 3 aromatic rings. The van der Waals surface area contributed by atoms with Crippen molar-refractivity contribution in [3.05, 3.63) is 88.9 Å². The predicted molar refractivity (Wildman–Crippen MR) is 149 cm³/mol. The van der Waals surface area contributed by atoms with E-state index >= 15 is 13.2 Å². The lowest BCUT2D eigenvalue weighted by Gasteiger charge is -2.30. The smallest absolute Gasteiger partial charge is 0.410 e. The van der Waals surface area contributed by atoms with Crippen LogP contribution in [0.25, 0.3) is 0 Å². The number of ether oxygens (including phenoxy) is 3. The van der Waals surface area contributed by atoms with Gasteiger partial charge in [-0.3, -0.25) is 4.90 Å². The highest BCUT2D eigenvalue weighted by atomic mass is 19.3. The number of likely N-dealkylation sites (tertiary alicyclic amines) is 1. The maximum Gasteiger partial charge on any atom is 0.410 e. The highest BCUT2D eigenvalue weighted by molar-refractivity contribution is 5.71. The van der Waals surface area contributed by atoms with Gasteiger partial charge in [-0.2, -0.15) is 5.26 Å².